The Bertz CT molecular complexity index is 278. The summed E-state index contributed by atoms with van der Waals surface area (Å²) in [5.74, 6) is 0.786. The largest absolute Gasteiger partial charge is 0.314 e. The van der Waals surface area contributed by atoms with Crippen molar-refractivity contribution in [2.24, 2.45) is 5.92 Å². The molecule has 0 aromatic carbocycles. The first-order valence-corrected chi connectivity index (χ1v) is 7.71. The molecular weight excluding hydrogens is 222 g/mol. The second kappa shape index (κ2) is 7.11. The van der Waals surface area contributed by atoms with Gasteiger partial charge in [-0.05, 0) is 44.6 Å². The van der Waals surface area contributed by atoms with Crippen molar-refractivity contribution < 1.29 is 0 Å². The van der Waals surface area contributed by atoms with Crippen molar-refractivity contribution in [3.63, 3.8) is 0 Å². The topological polar surface area (TPSA) is 47.9 Å². The van der Waals surface area contributed by atoms with Gasteiger partial charge in [0.25, 0.3) is 0 Å². The SMILES string of the molecule is CCC(CC#N)NC1CCCCC1C1CCCN1. The van der Waals surface area contributed by atoms with Crippen LogP contribution in [0.1, 0.15) is 58.3 Å². The summed E-state index contributed by atoms with van der Waals surface area (Å²) >= 11 is 0. The van der Waals surface area contributed by atoms with Crippen molar-refractivity contribution in [1.82, 2.24) is 10.6 Å². The zero-order valence-corrected chi connectivity index (χ0v) is 11.6. The third-order valence-electron chi connectivity index (χ3n) is 4.71. The second-order valence-corrected chi connectivity index (χ2v) is 5.89. The average molecular weight is 249 g/mol. The van der Waals surface area contributed by atoms with Crippen LogP contribution in [-0.4, -0.2) is 24.7 Å². The smallest absolute Gasteiger partial charge is 0.0638 e. The first-order chi connectivity index (χ1) is 8.85. The molecule has 4 atom stereocenters. The molecule has 0 aromatic heterocycles. The summed E-state index contributed by atoms with van der Waals surface area (Å²) in [5, 5.41) is 16.3. The summed E-state index contributed by atoms with van der Waals surface area (Å²) < 4.78 is 0. The van der Waals surface area contributed by atoms with E-state index in [4.69, 9.17) is 5.26 Å². The van der Waals surface area contributed by atoms with Crippen LogP contribution in [0, 0.1) is 17.2 Å². The minimum atomic E-state index is 0.391. The van der Waals surface area contributed by atoms with Crippen LogP contribution < -0.4 is 10.6 Å². The van der Waals surface area contributed by atoms with E-state index in [9.17, 15) is 0 Å². The lowest BCUT2D eigenvalue weighted by atomic mass is 9.79. The van der Waals surface area contributed by atoms with Gasteiger partial charge in [-0.3, -0.25) is 0 Å². The Morgan fingerprint density at radius 1 is 1.28 bits per heavy atom. The molecule has 1 aliphatic carbocycles. The molecule has 3 heteroatoms. The van der Waals surface area contributed by atoms with Crippen molar-refractivity contribution in [1.29, 1.82) is 5.26 Å². The van der Waals surface area contributed by atoms with Crippen LogP contribution in [0.15, 0.2) is 0 Å². The monoisotopic (exact) mass is 249 g/mol. The summed E-state index contributed by atoms with van der Waals surface area (Å²) in [6, 6.07) is 4.06. The van der Waals surface area contributed by atoms with Gasteiger partial charge in [-0.15, -0.1) is 0 Å². The molecule has 102 valence electrons. The van der Waals surface area contributed by atoms with Gasteiger partial charge in [0.2, 0.25) is 0 Å². The molecule has 0 amide bonds. The Hall–Kier alpha value is -0.590. The number of rotatable bonds is 5. The van der Waals surface area contributed by atoms with Gasteiger partial charge in [-0.2, -0.15) is 5.26 Å². The fraction of sp³-hybridized carbons (Fsp3) is 0.933. The zero-order valence-electron chi connectivity index (χ0n) is 11.6. The quantitative estimate of drug-likeness (QED) is 0.787. The van der Waals surface area contributed by atoms with Crippen LogP contribution in [0.25, 0.3) is 0 Å². The number of nitriles is 1. The molecule has 2 aliphatic rings. The predicted octanol–water partition coefficient (Wildman–Crippen LogP) is 2.58. The van der Waals surface area contributed by atoms with Crippen molar-refractivity contribution in [2.75, 3.05) is 6.54 Å². The minimum absolute atomic E-state index is 0.391. The van der Waals surface area contributed by atoms with Gasteiger partial charge >= 0.3 is 0 Å². The highest BCUT2D eigenvalue weighted by Gasteiger charge is 2.33. The first kappa shape index (κ1) is 13.8. The van der Waals surface area contributed by atoms with E-state index in [2.05, 4.69) is 23.6 Å². The third-order valence-corrected chi connectivity index (χ3v) is 4.71. The van der Waals surface area contributed by atoms with Crippen molar-refractivity contribution >= 4 is 0 Å². The van der Waals surface area contributed by atoms with Gasteiger partial charge in [0, 0.05) is 18.1 Å². The van der Waals surface area contributed by atoms with Gasteiger partial charge in [0.1, 0.15) is 0 Å². The second-order valence-electron chi connectivity index (χ2n) is 5.89. The molecule has 0 radical (unpaired) electrons. The van der Waals surface area contributed by atoms with Gasteiger partial charge in [-0.1, -0.05) is 19.8 Å². The normalized spacial score (nSPS) is 34.1. The van der Waals surface area contributed by atoms with Crippen LogP contribution in [0.4, 0.5) is 0 Å². The summed E-state index contributed by atoms with van der Waals surface area (Å²) in [4.78, 5) is 0. The van der Waals surface area contributed by atoms with Crippen molar-refractivity contribution in [3.05, 3.63) is 0 Å². The minimum Gasteiger partial charge on any atom is -0.314 e. The van der Waals surface area contributed by atoms with Crippen LogP contribution in [0.5, 0.6) is 0 Å². The molecule has 2 N–H and O–H groups in total. The summed E-state index contributed by atoms with van der Waals surface area (Å²) in [5.41, 5.74) is 0. The maximum Gasteiger partial charge on any atom is 0.0638 e. The highest BCUT2D eigenvalue weighted by Crippen LogP contribution is 2.31. The lowest BCUT2D eigenvalue weighted by Crippen LogP contribution is -2.50. The maximum atomic E-state index is 8.87. The number of hydrogen-bond donors (Lipinski definition) is 2. The Kier molecular flexibility index (Phi) is 5.46. The van der Waals surface area contributed by atoms with E-state index >= 15 is 0 Å². The van der Waals surface area contributed by atoms with E-state index in [-0.39, 0.29) is 0 Å². The molecule has 18 heavy (non-hydrogen) atoms. The Balaban J connectivity index is 1.92. The van der Waals surface area contributed by atoms with E-state index in [0.29, 0.717) is 18.5 Å². The van der Waals surface area contributed by atoms with Crippen LogP contribution in [-0.2, 0) is 0 Å². The molecule has 0 aromatic rings. The van der Waals surface area contributed by atoms with E-state index in [1.54, 1.807) is 0 Å². The van der Waals surface area contributed by atoms with Crippen molar-refractivity contribution in [3.8, 4) is 6.07 Å². The van der Waals surface area contributed by atoms with Gasteiger partial charge in [-0.25, -0.2) is 0 Å². The summed E-state index contributed by atoms with van der Waals surface area (Å²) in [7, 11) is 0. The van der Waals surface area contributed by atoms with E-state index < -0.39 is 0 Å². The van der Waals surface area contributed by atoms with Crippen LogP contribution in [0.2, 0.25) is 0 Å². The molecule has 2 rings (SSSR count). The zero-order chi connectivity index (χ0) is 12.8. The van der Waals surface area contributed by atoms with E-state index in [1.165, 1.54) is 45.1 Å². The van der Waals surface area contributed by atoms with E-state index in [1.807, 2.05) is 0 Å². The average Bonchev–Trinajstić information content (AvgIpc) is 2.92. The fourth-order valence-corrected chi connectivity index (χ4v) is 3.66. The lowest BCUT2D eigenvalue weighted by molar-refractivity contribution is 0.199. The Labute approximate surface area is 111 Å². The molecule has 1 aliphatic heterocycles. The van der Waals surface area contributed by atoms with Gasteiger partial charge in [0.05, 0.1) is 12.5 Å². The Morgan fingerprint density at radius 3 is 2.78 bits per heavy atom. The van der Waals surface area contributed by atoms with Crippen LogP contribution >= 0.6 is 0 Å². The molecular formula is C15H27N3. The van der Waals surface area contributed by atoms with Crippen LogP contribution in [0.3, 0.4) is 0 Å². The molecule has 1 saturated carbocycles. The maximum absolute atomic E-state index is 8.87. The molecule has 4 unspecified atom stereocenters. The molecule has 0 bridgehead atoms. The molecule has 2 fully saturated rings. The number of nitrogens with zero attached hydrogens (tertiary/aromatic N) is 1. The van der Waals surface area contributed by atoms with Crippen molar-refractivity contribution in [2.45, 2.75) is 76.4 Å². The Morgan fingerprint density at radius 2 is 2.11 bits per heavy atom. The summed E-state index contributed by atoms with van der Waals surface area (Å²) in [6.45, 7) is 3.38. The van der Waals surface area contributed by atoms with E-state index in [0.717, 1.165) is 18.4 Å². The third kappa shape index (κ3) is 3.46. The summed E-state index contributed by atoms with van der Waals surface area (Å²) in [6.07, 6.45) is 9.79. The number of nitrogens with one attached hydrogen (secondary N) is 2. The lowest BCUT2D eigenvalue weighted by Gasteiger charge is -2.38. The predicted molar refractivity (Wildman–Crippen MR) is 74.2 cm³/mol. The molecule has 1 heterocycles. The standard InChI is InChI=1S/C15H27N3/c1-2-12(9-10-16)18-15-7-4-3-6-13(15)14-8-5-11-17-14/h12-15,17-18H,2-9,11H2,1H3. The van der Waals surface area contributed by atoms with Gasteiger partial charge < -0.3 is 10.6 Å². The first-order valence-electron chi connectivity index (χ1n) is 7.71. The highest BCUT2D eigenvalue weighted by molar-refractivity contribution is 4.93. The molecule has 1 saturated heterocycles. The molecule has 3 nitrogen and oxygen atoms in total. The number of hydrogen-bond acceptors (Lipinski definition) is 3. The fourth-order valence-electron chi connectivity index (χ4n) is 3.66. The molecule has 0 spiro atoms. The highest BCUT2D eigenvalue weighted by atomic mass is 15.0. The van der Waals surface area contributed by atoms with Gasteiger partial charge in [0.15, 0.2) is 0 Å².